The summed E-state index contributed by atoms with van der Waals surface area (Å²) in [6.45, 7) is 2.50. The van der Waals surface area contributed by atoms with Crippen molar-refractivity contribution in [2.24, 2.45) is 0 Å². The molecule has 4 nitrogen and oxygen atoms in total. The predicted octanol–water partition coefficient (Wildman–Crippen LogP) is 4.77. The summed E-state index contributed by atoms with van der Waals surface area (Å²) in [4.78, 5) is 16.7. The van der Waals surface area contributed by atoms with E-state index in [-0.39, 0.29) is 30.7 Å². The number of aryl methyl sites for hydroxylation is 1. The first-order valence-electron chi connectivity index (χ1n) is 9.20. The Bertz CT molecular complexity index is 896. The predicted molar refractivity (Wildman–Crippen MR) is 121 cm³/mol. The standard InChI is InChI=1S/C21H23N3OS.2ClH/c25-20(23-12-15-9-10-16-13-22-14-17(16)11-15)7-3-4-8-21-24-18-5-1-2-6-19(18)26-21;;/h1-2,5-6,9-11,22H,3-4,7-8,12-14H2,(H,23,25);2*1H. The number of fused-ring (bicyclic) bond motifs is 2. The van der Waals surface area contributed by atoms with Crippen LogP contribution in [0.1, 0.15) is 41.0 Å². The summed E-state index contributed by atoms with van der Waals surface area (Å²) >= 11 is 1.76. The number of para-hydroxylation sites is 1. The summed E-state index contributed by atoms with van der Waals surface area (Å²) in [5.74, 6) is 0.132. The van der Waals surface area contributed by atoms with E-state index in [0.29, 0.717) is 13.0 Å². The van der Waals surface area contributed by atoms with Crippen molar-refractivity contribution < 1.29 is 4.79 Å². The van der Waals surface area contributed by atoms with Crippen molar-refractivity contribution in [1.29, 1.82) is 0 Å². The minimum Gasteiger partial charge on any atom is -0.352 e. The number of unbranched alkanes of at least 4 members (excludes halogenated alkanes) is 1. The second-order valence-electron chi connectivity index (χ2n) is 6.77. The zero-order chi connectivity index (χ0) is 17.8. The summed E-state index contributed by atoms with van der Waals surface area (Å²) in [6.07, 6.45) is 3.43. The number of carbonyl (C=O) groups excluding carboxylic acids is 1. The summed E-state index contributed by atoms with van der Waals surface area (Å²) in [5.41, 5.74) is 4.98. The number of hydrogen-bond acceptors (Lipinski definition) is 4. The number of halogens is 2. The van der Waals surface area contributed by atoms with Crippen molar-refractivity contribution in [3.8, 4) is 0 Å². The Kier molecular flexibility index (Phi) is 8.70. The molecular weight excluding hydrogens is 413 g/mol. The third-order valence-electron chi connectivity index (χ3n) is 4.77. The molecule has 4 rings (SSSR count). The number of nitrogens with one attached hydrogen (secondary N) is 2. The maximum absolute atomic E-state index is 12.1. The number of benzene rings is 2. The van der Waals surface area contributed by atoms with Crippen LogP contribution >= 0.6 is 36.2 Å². The molecule has 2 aromatic carbocycles. The van der Waals surface area contributed by atoms with Gasteiger partial charge in [0.15, 0.2) is 0 Å². The van der Waals surface area contributed by atoms with Gasteiger partial charge in [-0.1, -0.05) is 30.3 Å². The van der Waals surface area contributed by atoms with Gasteiger partial charge in [0, 0.05) is 26.1 Å². The van der Waals surface area contributed by atoms with E-state index in [1.807, 2.05) is 12.1 Å². The zero-order valence-corrected chi connectivity index (χ0v) is 18.0. The second-order valence-corrected chi connectivity index (χ2v) is 7.88. The van der Waals surface area contributed by atoms with Crippen molar-refractivity contribution in [2.75, 3.05) is 0 Å². The minimum atomic E-state index is 0. The first-order valence-corrected chi connectivity index (χ1v) is 10.0. The van der Waals surface area contributed by atoms with Gasteiger partial charge < -0.3 is 10.6 Å². The monoisotopic (exact) mass is 437 g/mol. The molecular formula is C21H25Cl2N3OS. The molecule has 0 aliphatic carbocycles. The van der Waals surface area contributed by atoms with Crippen molar-refractivity contribution in [3.05, 3.63) is 64.2 Å². The van der Waals surface area contributed by atoms with Gasteiger partial charge in [-0.25, -0.2) is 4.98 Å². The summed E-state index contributed by atoms with van der Waals surface area (Å²) in [6, 6.07) is 14.7. The highest BCUT2D eigenvalue weighted by Gasteiger charge is 2.10. The van der Waals surface area contributed by atoms with E-state index in [2.05, 4.69) is 45.9 Å². The van der Waals surface area contributed by atoms with E-state index in [0.717, 1.165) is 37.9 Å². The van der Waals surface area contributed by atoms with Crippen molar-refractivity contribution in [3.63, 3.8) is 0 Å². The van der Waals surface area contributed by atoms with Crippen LogP contribution in [0.5, 0.6) is 0 Å². The average Bonchev–Trinajstić information content (AvgIpc) is 3.29. The van der Waals surface area contributed by atoms with E-state index >= 15 is 0 Å². The minimum absolute atomic E-state index is 0. The van der Waals surface area contributed by atoms with Crippen LogP contribution in [0, 0.1) is 0 Å². The quantitative estimate of drug-likeness (QED) is 0.523. The number of rotatable bonds is 7. The van der Waals surface area contributed by atoms with Gasteiger partial charge in [-0.05, 0) is 48.1 Å². The number of amides is 1. The third kappa shape index (κ3) is 5.67. The van der Waals surface area contributed by atoms with Crippen molar-refractivity contribution in [2.45, 2.75) is 45.3 Å². The van der Waals surface area contributed by atoms with Crippen LogP contribution in [-0.2, 0) is 30.8 Å². The maximum atomic E-state index is 12.1. The Balaban J connectivity index is 0.00000140. The molecule has 2 N–H and O–H groups in total. The van der Waals surface area contributed by atoms with Crippen LogP contribution in [-0.4, -0.2) is 10.9 Å². The lowest BCUT2D eigenvalue weighted by atomic mass is 10.1. The molecule has 3 aromatic rings. The Morgan fingerprint density at radius 2 is 1.89 bits per heavy atom. The lowest BCUT2D eigenvalue weighted by Crippen LogP contribution is -2.22. The largest absolute Gasteiger partial charge is 0.352 e. The number of thiazole rings is 1. The summed E-state index contributed by atoms with van der Waals surface area (Å²) in [5, 5.41) is 7.55. The van der Waals surface area contributed by atoms with Gasteiger partial charge in [0.2, 0.25) is 5.91 Å². The fraction of sp³-hybridized carbons (Fsp3) is 0.333. The molecule has 7 heteroatoms. The molecule has 1 aliphatic rings. The fourth-order valence-corrected chi connectivity index (χ4v) is 4.34. The third-order valence-corrected chi connectivity index (χ3v) is 5.87. The highest BCUT2D eigenvalue weighted by Crippen LogP contribution is 2.23. The number of hydrogen-bond donors (Lipinski definition) is 2. The highest BCUT2D eigenvalue weighted by molar-refractivity contribution is 7.18. The van der Waals surface area contributed by atoms with Crippen LogP contribution < -0.4 is 10.6 Å². The van der Waals surface area contributed by atoms with E-state index in [1.165, 1.54) is 26.4 Å². The number of aromatic nitrogens is 1. The van der Waals surface area contributed by atoms with Crippen molar-refractivity contribution in [1.82, 2.24) is 15.6 Å². The molecule has 0 spiro atoms. The highest BCUT2D eigenvalue weighted by atomic mass is 35.5. The first-order chi connectivity index (χ1) is 12.8. The van der Waals surface area contributed by atoms with E-state index in [4.69, 9.17) is 0 Å². The van der Waals surface area contributed by atoms with Gasteiger partial charge in [0.25, 0.3) is 0 Å². The molecule has 150 valence electrons. The SMILES string of the molecule is Cl.Cl.O=C(CCCCc1nc2ccccc2s1)NCc1ccc2c(c1)CNC2. The van der Waals surface area contributed by atoms with Gasteiger partial charge in [-0.3, -0.25) is 4.79 Å². The maximum Gasteiger partial charge on any atom is 0.220 e. The number of nitrogens with zero attached hydrogens (tertiary/aromatic N) is 1. The number of carbonyl (C=O) groups is 1. The lowest BCUT2D eigenvalue weighted by molar-refractivity contribution is -0.121. The van der Waals surface area contributed by atoms with Gasteiger partial charge in [0.1, 0.15) is 0 Å². The topological polar surface area (TPSA) is 54.0 Å². The molecule has 1 amide bonds. The zero-order valence-electron chi connectivity index (χ0n) is 15.6. The van der Waals surface area contributed by atoms with Crippen LogP contribution in [0.2, 0.25) is 0 Å². The average molecular weight is 438 g/mol. The molecule has 0 fully saturated rings. The van der Waals surface area contributed by atoms with Crippen LogP contribution in [0.25, 0.3) is 10.2 Å². The van der Waals surface area contributed by atoms with E-state index < -0.39 is 0 Å². The van der Waals surface area contributed by atoms with Crippen LogP contribution in [0.4, 0.5) is 0 Å². The Labute approximate surface area is 182 Å². The molecule has 0 saturated carbocycles. The Morgan fingerprint density at radius 3 is 2.75 bits per heavy atom. The van der Waals surface area contributed by atoms with E-state index in [1.54, 1.807) is 11.3 Å². The molecule has 0 bridgehead atoms. The molecule has 0 saturated heterocycles. The summed E-state index contributed by atoms with van der Waals surface area (Å²) < 4.78 is 1.24. The lowest BCUT2D eigenvalue weighted by Gasteiger charge is -2.07. The molecule has 0 atom stereocenters. The molecule has 28 heavy (non-hydrogen) atoms. The van der Waals surface area contributed by atoms with Crippen molar-refractivity contribution >= 4 is 52.3 Å². The van der Waals surface area contributed by atoms with Gasteiger partial charge in [-0.15, -0.1) is 36.2 Å². The molecule has 1 aromatic heterocycles. The summed E-state index contributed by atoms with van der Waals surface area (Å²) in [7, 11) is 0. The molecule has 1 aliphatic heterocycles. The Morgan fingerprint density at radius 1 is 1.07 bits per heavy atom. The smallest absolute Gasteiger partial charge is 0.220 e. The normalized spacial score (nSPS) is 12.1. The first kappa shape index (κ1) is 22.6. The van der Waals surface area contributed by atoms with Crippen LogP contribution in [0.15, 0.2) is 42.5 Å². The van der Waals surface area contributed by atoms with Gasteiger partial charge >= 0.3 is 0 Å². The second kappa shape index (κ2) is 10.8. The van der Waals surface area contributed by atoms with Gasteiger partial charge in [0.05, 0.1) is 15.2 Å². The fourth-order valence-electron chi connectivity index (χ4n) is 3.34. The molecule has 0 unspecified atom stereocenters. The Hall–Kier alpha value is -1.66. The van der Waals surface area contributed by atoms with Gasteiger partial charge in [-0.2, -0.15) is 0 Å². The van der Waals surface area contributed by atoms with Crippen LogP contribution in [0.3, 0.4) is 0 Å². The molecule has 2 heterocycles. The van der Waals surface area contributed by atoms with E-state index in [9.17, 15) is 4.79 Å². The molecule has 0 radical (unpaired) electrons.